The molecule has 2 heterocycles. The number of ketones is 1. The highest BCUT2D eigenvalue weighted by Gasteiger charge is 2.33. The minimum Gasteiger partial charge on any atom is -0.344 e. The van der Waals surface area contributed by atoms with Crippen molar-refractivity contribution >= 4 is 40.8 Å². The fraction of sp³-hybridized carbons (Fsp3) is 0.594. The average molecular weight is 613 g/mol. The first-order valence-electron chi connectivity index (χ1n) is 15.6. The van der Waals surface area contributed by atoms with E-state index < -0.39 is 12.0 Å². The van der Waals surface area contributed by atoms with Crippen LogP contribution in [0.25, 0.3) is 0 Å². The molecule has 1 saturated carbocycles. The third-order valence-electron chi connectivity index (χ3n) is 8.76. The van der Waals surface area contributed by atoms with Gasteiger partial charge in [0.1, 0.15) is 11.7 Å². The van der Waals surface area contributed by atoms with E-state index in [1.165, 1.54) is 0 Å². The molecule has 2 N–H and O–H groups in total. The third-order valence-corrected chi connectivity index (χ3v) is 9.08. The second kappa shape index (κ2) is 15.5. The summed E-state index contributed by atoms with van der Waals surface area (Å²) in [6.07, 6.45) is 7.37. The molecule has 2 atom stereocenters. The number of carbonyl (C=O) groups excluding carboxylic acids is 4. The SMILES string of the molecule is CCC(=O)N[C@H](Cc1ccc(NC(=O)[C@@H](CC(=O)c2ccnn2CC)C2CCCCC2)c(Cl)c1)C(=O)N1CCN(C)CC1. The van der Waals surface area contributed by atoms with Crippen molar-refractivity contribution in [3.05, 3.63) is 46.7 Å². The molecule has 1 aromatic heterocycles. The van der Waals surface area contributed by atoms with Gasteiger partial charge in [0.15, 0.2) is 5.78 Å². The Morgan fingerprint density at radius 1 is 1.02 bits per heavy atom. The summed E-state index contributed by atoms with van der Waals surface area (Å²) in [5, 5.41) is 10.4. The number of aryl methyl sites for hydroxylation is 1. The number of halogens is 1. The number of piperazine rings is 1. The number of likely N-dealkylation sites (N-methyl/N-ethyl adjacent to an activating group) is 1. The van der Waals surface area contributed by atoms with Crippen LogP contribution in [0.1, 0.15) is 74.8 Å². The molecule has 234 valence electrons. The summed E-state index contributed by atoms with van der Waals surface area (Å²) in [5.41, 5.74) is 1.76. The lowest BCUT2D eigenvalue weighted by atomic mass is 9.77. The van der Waals surface area contributed by atoms with Gasteiger partial charge in [0, 0.05) is 64.1 Å². The Labute approximate surface area is 259 Å². The fourth-order valence-corrected chi connectivity index (χ4v) is 6.38. The van der Waals surface area contributed by atoms with E-state index in [1.54, 1.807) is 40.9 Å². The van der Waals surface area contributed by atoms with Crippen LogP contribution in [0.4, 0.5) is 5.69 Å². The number of hydrogen-bond donors (Lipinski definition) is 2. The van der Waals surface area contributed by atoms with Crippen LogP contribution in [0.3, 0.4) is 0 Å². The van der Waals surface area contributed by atoms with E-state index in [2.05, 4.69) is 20.6 Å². The number of hydrogen-bond acceptors (Lipinski definition) is 6. The quantitative estimate of drug-likeness (QED) is 0.348. The largest absolute Gasteiger partial charge is 0.344 e. The number of aromatic nitrogens is 2. The molecule has 0 radical (unpaired) electrons. The molecule has 11 heteroatoms. The van der Waals surface area contributed by atoms with E-state index in [0.717, 1.165) is 50.8 Å². The molecule has 0 bridgehead atoms. The van der Waals surface area contributed by atoms with Gasteiger partial charge >= 0.3 is 0 Å². The normalized spacial score (nSPS) is 17.7. The van der Waals surface area contributed by atoms with Crippen LogP contribution >= 0.6 is 11.6 Å². The maximum atomic E-state index is 13.7. The summed E-state index contributed by atoms with van der Waals surface area (Å²) in [4.78, 5) is 56.6. The van der Waals surface area contributed by atoms with Crippen LogP contribution in [-0.4, -0.2) is 82.4 Å². The van der Waals surface area contributed by atoms with Crippen LogP contribution in [0.5, 0.6) is 0 Å². The first-order valence-corrected chi connectivity index (χ1v) is 16.0. The molecule has 2 aliphatic rings. The molecular weight excluding hydrogens is 568 g/mol. The van der Waals surface area contributed by atoms with Gasteiger partial charge in [-0.1, -0.05) is 43.9 Å². The average Bonchev–Trinajstić information content (AvgIpc) is 3.50. The summed E-state index contributed by atoms with van der Waals surface area (Å²) in [6, 6.07) is 6.30. The number of carbonyl (C=O) groups is 4. The van der Waals surface area contributed by atoms with Crippen molar-refractivity contribution in [1.29, 1.82) is 0 Å². The van der Waals surface area contributed by atoms with Crippen LogP contribution in [-0.2, 0) is 27.3 Å². The molecule has 0 unspecified atom stereocenters. The Morgan fingerprint density at radius 2 is 1.74 bits per heavy atom. The Kier molecular flexibility index (Phi) is 11.8. The van der Waals surface area contributed by atoms with Crippen molar-refractivity contribution in [1.82, 2.24) is 24.9 Å². The molecule has 43 heavy (non-hydrogen) atoms. The smallest absolute Gasteiger partial charge is 0.245 e. The summed E-state index contributed by atoms with van der Waals surface area (Å²) >= 11 is 6.67. The van der Waals surface area contributed by atoms with Crippen LogP contribution < -0.4 is 10.6 Å². The van der Waals surface area contributed by atoms with Gasteiger partial charge in [-0.3, -0.25) is 23.9 Å². The summed E-state index contributed by atoms with van der Waals surface area (Å²) in [5.74, 6) is -0.941. The van der Waals surface area contributed by atoms with E-state index >= 15 is 0 Å². The molecule has 1 aliphatic heterocycles. The second-order valence-electron chi connectivity index (χ2n) is 11.8. The first-order chi connectivity index (χ1) is 20.7. The number of nitrogens with zero attached hydrogens (tertiary/aromatic N) is 4. The molecule has 2 aromatic rings. The molecule has 1 aliphatic carbocycles. The van der Waals surface area contributed by atoms with Gasteiger partial charge in [-0.25, -0.2) is 0 Å². The zero-order valence-corrected chi connectivity index (χ0v) is 26.4. The molecule has 2 fully saturated rings. The topological polar surface area (TPSA) is 117 Å². The maximum Gasteiger partial charge on any atom is 0.245 e. The van der Waals surface area contributed by atoms with Crippen molar-refractivity contribution in [2.75, 3.05) is 38.5 Å². The van der Waals surface area contributed by atoms with Crippen molar-refractivity contribution in [2.24, 2.45) is 11.8 Å². The number of benzene rings is 1. The second-order valence-corrected chi connectivity index (χ2v) is 12.2. The van der Waals surface area contributed by atoms with E-state index in [4.69, 9.17) is 11.6 Å². The Morgan fingerprint density at radius 3 is 2.40 bits per heavy atom. The fourth-order valence-electron chi connectivity index (χ4n) is 6.13. The molecule has 1 aromatic carbocycles. The van der Waals surface area contributed by atoms with Crippen molar-refractivity contribution < 1.29 is 19.2 Å². The summed E-state index contributed by atoms with van der Waals surface area (Å²) in [6.45, 7) is 7.08. The van der Waals surface area contributed by atoms with Crippen molar-refractivity contribution in [2.45, 2.75) is 77.8 Å². The van der Waals surface area contributed by atoms with Crippen molar-refractivity contribution in [3.8, 4) is 0 Å². The first kappa shape index (κ1) is 32.7. The van der Waals surface area contributed by atoms with Gasteiger partial charge in [0.25, 0.3) is 0 Å². The van der Waals surface area contributed by atoms with Crippen molar-refractivity contribution in [3.63, 3.8) is 0 Å². The molecule has 4 rings (SSSR count). The number of nitrogens with one attached hydrogen (secondary N) is 2. The predicted octanol–water partition coefficient (Wildman–Crippen LogP) is 4.18. The highest BCUT2D eigenvalue weighted by atomic mass is 35.5. The summed E-state index contributed by atoms with van der Waals surface area (Å²) in [7, 11) is 2.03. The Balaban J connectivity index is 1.47. The van der Waals surface area contributed by atoms with Gasteiger partial charge in [0.2, 0.25) is 17.7 Å². The minimum absolute atomic E-state index is 0.0864. The van der Waals surface area contributed by atoms with Gasteiger partial charge in [0.05, 0.1) is 10.7 Å². The molecular formula is C32H45ClN6O4. The molecule has 10 nitrogen and oxygen atoms in total. The number of amides is 3. The van der Waals surface area contributed by atoms with Gasteiger partial charge in [-0.15, -0.1) is 0 Å². The highest BCUT2D eigenvalue weighted by Crippen LogP contribution is 2.34. The van der Waals surface area contributed by atoms with Crippen LogP contribution in [0.15, 0.2) is 30.5 Å². The maximum absolute atomic E-state index is 13.7. The van der Waals surface area contributed by atoms with E-state index in [0.29, 0.717) is 36.0 Å². The Hall–Kier alpha value is -3.24. The van der Waals surface area contributed by atoms with E-state index in [1.807, 2.05) is 20.0 Å². The zero-order valence-electron chi connectivity index (χ0n) is 25.6. The number of rotatable bonds is 12. The monoisotopic (exact) mass is 612 g/mol. The number of anilines is 1. The molecule has 3 amide bonds. The lowest BCUT2D eigenvalue weighted by Crippen LogP contribution is -2.54. The highest BCUT2D eigenvalue weighted by molar-refractivity contribution is 6.33. The number of Topliss-reactive ketones (excluding diaryl/α,β-unsaturated/α-hetero) is 1. The van der Waals surface area contributed by atoms with Gasteiger partial charge in [-0.05, 0) is 56.5 Å². The standard InChI is InChI=1S/C32H45ClN6O4/c1-4-30(41)35-27(32(43)38-17-15-37(3)16-18-38)20-22-11-12-26(25(33)19-22)36-31(42)24(23-9-7-6-8-10-23)21-29(40)28-13-14-34-39(28)5-2/h11-14,19,23-24,27H,4-10,15-18,20-21H2,1-3H3,(H,35,41)(H,36,42)/t24-,27+/m0/s1. The van der Waals surface area contributed by atoms with Gasteiger partial charge in [-0.2, -0.15) is 5.10 Å². The van der Waals surface area contributed by atoms with E-state index in [9.17, 15) is 19.2 Å². The zero-order chi connectivity index (χ0) is 30.9. The lowest BCUT2D eigenvalue weighted by molar-refractivity contribution is -0.137. The predicted molar refractivity (Wildman–Crippen MR) is 167 cm³/mol. The minimum atomic E-state index is -0.703. The molecule has 0 spiro atoms. The van der Waals surface area contributed by atoms with Gasteiger partial charge < -0.3 is 20.4 Å². The van der Waals surface area contributed by atoms with Crippen LogP contribution in [0, 0.1) is 11.8 Å². The van der Waals surface area contributed by atoms with Crippen LogP contribution in [0.2, 0.25) is 5.02 Å². The molecule has 1 saturated heterocycles. The Bertz CT molecular complexity index is 1280. The summed E-state index contributed by atoms with van der Waals surface area (Å²) < 4.78 is 1.67. The van der Waals surface area contributed by atoms with E-state index in [-0.39, 0.29) is 48.7 Å². The lowest BCUT2D eigenvalue weighted by Gasteiger charge is -2.34. The third kappa shape index (κ3) is 8.66.